The highest BCUT2D eigenvalue weighted by atomic mass is 127. The zero-order valence-corrected chi connectivity index (χ0v) is 17.9. The van der Waals surface area contributed by atoms with Crippen LogP contribution in [0.2, 0.25) is 0 Å². The molecule has 0 aliphatic carbocycles. The van der Waals surface area contributed by atoms with Gasteiger partial charge in [-0.05, 0) is 18.2 Å². The van der Waals surface area contributed by atoms with Crippen molar-refractivity contribution in [3.63, 3.8) is 0 Å². The summed E-state index contributed by atoms with van der Waals surface area (Å²) in [5.74, 6) is 1.38. The molecule has 2 N–H and O–H groups in total. The fraction of sp³-hybridized carbons (Fsp3) is 0.333. The second-order valence-electron chi connectivity index (χ2n) is 5.22. The summed E-state index contributed by atoms with van der Waals surface area (Å²) in [4.78, 5) is 9.90. The van der Waals surface area contributed by atoms with Gasteiger partial charge in [0.1, 0.15) is 0 Å². The molecule has 1 aromatic carbocycles. The predicted octanol–water partition coefficient (Wildman–Crippen LogP) is 3.55. The number of hydrogen-bond acceptors (Lipinski definition) is 4. The van der Waals surface area contributed by atoms with Crippen molar-refractivity contribution in [3.8, 4) is 5.88 Å². The van der Waals surface area contributed by atoms with E-state index in [1.807, 2.05) is 36.0 Å². The summed E-state index contributed by atoms with van der Waals surface area (Å²) in [6.07, 6.45) is 0. The maximum absolute atomic E-state index is 5.14. The van der Waals surface area contributed by atoms with E-state index in [2.05, 4.69) is 51.8 Å². The first-order valence-electron chi connectivity index (χ1n) is 7.87. The van der Waals surface area contributed by atoms with Gasteiger partial charge in [-0.15, -0.1) is 35.7 Å². The molecule has 1 aromatic heterocycles. The van der Waals surface area contributed by atoms with Crippen molar-refractivity contribution in [1.29, 1.82) is 0 Å². The zero-order valence-electron chi connectivity index (χ0n) is 14.7. The Morgan fingerprint density at radius 3 is 2.60 bits per heavy atom. The number of pyridine rings is 1. The fourth-order valence-corrected chi connectivity index (χ4v) is 3.02. The number of methoxy groups -OCH3 is 1. The lowest BCUT2D eigenvalue weighted by atomic mass is 10.3. The number of aliphatic imine (C=N–C) groups is 1. The van der Waals surface area contributed by atoms with E-state index >= 15 is 0 Å². The van der Waals surface area contributed by atoms with Gasteiger partial charge in [-0.1, -0.05) is 31.2 Å². The summed E-state index contributed by atoms with van der Waals surface area (Å²) in [6, 6.07) is 16.1. The van der Waals surface area contributed by atoms with Gasteiger partial charge >= 0.3 is 0 Å². The van der Waals surface area contributed by atoms with Crippen LogP contribution in [0.15, 0.2) is 58.4 Å². The van der Waals surface area contributed by atoms with Crippen LogP contribution in [0, 0.1) is 0 Å². The molecular formula is C18H25IN4OS. The Kier molecular flexibility index (Phi) is 10.3. The van der Waals surface area contributed by atoms with E-state index in [0.717, 1.165) is 18.2 Å². The number of rotatable bonds is 7. The van der Waals surface area contributed by atoms with Crippen LogP contribution in [0.5, 0.6) is 5.88 Å². The predicted molar refractivity (Wildman–Crippen MR) is 116 cm³/mol. The molecule has 0 aliphatic rings. The Balaban J connectivity index is 0.00000312. The lowest BCUT2D eigenvalue weighted by molar-refractivity contribution is 0.396. The third-order valence-corrected chi connectivity index (χ3v) is 4.40. The summed E-state index contributed by atoms with van der Waals surface area (Å²) >= 11 is 1.84. The molecule has 0 bridgehead atoms. The van der Waals surface area contributed by atoms with E-state index < -0.39 is 0 Å². The highest BCUT2D eigenvalue weighted by Crippen LogP contribution is 2.21. The highest BCUT2D eigenvalue weighted by molar-refractivity contribution is 14.0. The van der Waals surface area contributed by atoms with E-state index in [0.29, 0.717) is 17.7 Å². The SMILES string of the molecule is CN=C(NCc1cccc(OC)n1)NCC(C)Sc1ccccc1.I. The van der Waals surface area contributed by atoms with Crippen LogP contribution in [-0.2, 0) is 6.54 Å². The second-order valence-corrected chi connectivity index (χ2v) is 6.73. The number of halogens is 1. The molecule has 1 heterocycles. The Morgan fingerprint density at radius 2 is 1.92 bits per heavy atom. The van der Waals surface area contributed by atoms with E-state index in [1.165, 1.54) is 4.90 Å². The van der Waals surface area contributed by atoms with Gasteiger partial charge < -0.3 is 15.4 Å². The molecule has 5 nitrogen and oxygen atoms in total. The van der Waals surface area contributed by atoms with Crippen LogP contribution in [-0.4, -0.2) is 36.9 Å². The number of hydrogen-bond donors (Lipinski definition) is 2. The minimum Gasteiger partial charge on any atom is -0.481 e. The number of nitrogens with one attached hydrogen (secondary N) is 2. The minimum atomic E-state index is 0. The number of ether oxygens (including phenoxy) is 1. The lowest BCUT2D eigenvalue weighted by Gasteiger charge is -2.16. The van der Waals surface area contributed by atoms with E-state index in [-0.39, 0.29) is 24.0 Å². The second kappa shape index (κ2) is 12.0. The zero-order chi connectivity index (χ0) is 17.2. The van der Waals surface area contributed by atoms with Gasteiger partial charge in [0, 0.05) is 29.8 Å². The summed E-state index contributed by atoms with van der Waals surface area (Å²) in [5.41, 5.74) is 0.906. The summed E-state index contributed by atoms with van der Waals surface area (Å²) in [6.45, 7) is 3.61. The van der Waals surface area contributed by atoms with Crippen molar-refractivity contribution in [2.45, 2.75) is 23.6 Å². The first kappa shape index (κ1) is 21.6. The first-order chi connectivity index (χ1) is 11.7. The van der Waals surface area contributed by atoms with Gasteiger partial charge in [0.05, 0.1) is 19.3 Å². The molecule has 136 valence electrons. The lowest BCUT2D eigenvalue weighted by Crippen LogP contribution is -2.39. The van der Waals surface area contributed by atoms with Crippen molar-refractivity contribution in [1.82, 2.24) is 15.6 Å². The number of benzene rings is 1. The van der Waals surface area contributed by atoms with Crippen molar-refractivity contribution in [3.05, 3.63) is 54.2 Å². The summed E-state index contributed by atoms with van der Waals surface area (Å²) in [5, 5.41) is 7.05. The van der Waals surface area contributed by atoms with Crippen molar-refractivity contribution in [2.24, 2.45) is 4.99 Å². The highest BCUT2D eigenvalue weighted by Gasteiger charge is 2.06. The van der Waals surface area contributed by atoms with Gasteiger partial charge in [-0.3, -0.25) is 4.99 Å². The smallest absolute Gasteiger partial charge is 0.213 e. The maximum Gasteiger partial charge on any atom is 0.213 e. The monoisotopic (exact) mass is 472 g/mol. The van der Waals surface area contributed by atoms with E-state index in [9.17, 15) is 0 Å². The Hall–Kier alpha value is -1.48. The quantitative estimate of drug-likeness (QED) is 0.280. The van der Waals surface area contributed by atoms with Crippen LogP contribution in [0.1, 0.15) is 12.6 Å². The number of thioether (sulfide) groups is 1. The third-order valence-electron chi connectivity index (χ3n) is 3.29. The minimum absolute atomic E-state index is 0. The standard InChI is InChI=1S/C18H24N4OS.HI/c1-14(24-16-9-5-4-6-10-16)12-20-18(19-2)21-13-15-8-7-11-17(22-15)23-3;/h4-11,14H,12-13H2,1-3H3,(H2,19,20,21);1H. The van der Waals surface area contributed by atoms with Crippen LogP contribution in [0.4, 0.5) is 0 Å². The average Bonchev–Trinajstić information content (AvgIpc) is 2.63. The third kappa shape index (κ3) is 7.96. The van der Waals surface area contributed by atoms with Gasteiger partial charge in [-0.25, -0.2) is 4.98 Å². The molecule has 0 saturated heterocycles. The molecule has 0 radical (unpaired) electrons. The summed E-state index contributed by atoms with van der Waals surface area (Å²) < 4.78 is 5.14. The number of guanidine groups is 1. The Labute approximate surface area is 171 Å². The summed E-state index contributed by atoms with van der Waals surface area (Å²) in [7, 11) is 3.38. The molecule has 25 heavy (non-hydrogen) atoms. The molecule has 2 aromatic rings. The molecule has 0 spiro atoms. The van der Waals surface area contributed by atoms with Crippen LogP contribution in [0.3, 0.4) is 0 Å². The first-order valence-corrected chi connectivity index (χ1v) is 8.75. The van der Waals surface area contributed by atoms with Gasteiger partial charge in [-0.2, -0.15) is 0 Å². The van der Waals surface area contributed by atoms with Gasteiger partial charge in [0.25, 0.3) is 0 Å². The fourth-order valence-electron chi connectivity index (χ4n) is 2.08. The van der Waals surface area contributed by atoms with E-state index in [1.54, 1.807) is 14.2 Å². The van der Waals surface area contributed by atoms with E-state index in [4.69, 9.17) is 4.74 Å². The number of aromatic nitrogens is 1. The molecule has 0 fully saturated rings. The molecule has 0 saturated carbocycles. The van der Waals surface area contributed by atoms with Crippen LogP contribution in [0.25, 0.3) is 0 Å². The van der Waals surface area contributed by atoms with Crippen molar-refractivity contribution < 1.29 is 4.74 Å². The largest absolute Gasteiger partial charge is 0.481 e. The van der Waals surface area contributed by atoms with Gasteiger partial charge in [0.15, 0.2) is 5.96 Å². The molecule has 0 aliphatic heterocycles. The van der Waals surface area contributed by atoms with Crippen LogP contribution >= 0.6 is 35.7 Å². The molecule has 1 atom stereocenters. The topological polar surface area (TPSA) is 58.5 Å². The molecule has 1 unspecified atom stereocenters. The van der Waals surface area contributed by atoms with Gasteiger partial charge in [0.2, 0.25) is 5.88 Å². The van der Waals surface area contributed by atoms with Crippen molar-refractivity contribution >= 4 is 41.7 Å². The average molecular weight is 472 g/mol. The Bertz CT molecular complexity index is 655. The van der Waals surface area contributed by atoms with Crippen molar-refractivity contribution in [2.75, 3.05) is 20.7 Å². The Morgan fingerprint density at radius 1 is 1.16 bits per heavy atom. The maximum atomic E-state index is 5.14. The molecular weight excluding hydrogens is 447 g/mol. The molecule has 0 amide bonds. The van der Waals surface area contributed by atoms with Crippen LogP contribution < -0.4 is 15.4 Å². The molecule has 7 heteroatoms. The normalized spacial score (nSPS) is 12.0. The molecule has 2 rings (SSSR count). The number of nitrogens with zero attached hydrogens (tertiary/aromatic N) is 2.